The molecular weight excluding hydrogens is 212 g/mol. The van der Waals surface area contributed by atoms with Crippen LogP contribution in [0.3, 0.4) is 0 Å². The number of nitrogens with one attached hydrogen (secondary N) is 1. The molecule has 1 atom stereocenters. The number of amides is 2. The van der Waals surface area contributed by atoms with Gasteiger partial charge in [0.2, 0.25) is 11.8 Å². The highest BCUT2D eigenvalue weighted by atomic mass is 16.4. The molecule has 1 aliphatic heterocycles. The van der Waals surface area contributed by atoms with Crippen LogP contribution >= 0.6 is 0 Å². The quantitative estimate of drug-likeness (QED) is 0.675. The van der Waals surface area contributed by atoms with Crippen molar-refractivity contribution in [2.75, 3.05) is 20.1 Å². The first-order chi connectivity index (χ1) is 7.54. The molecule has 16 heavy (non-hydrogen) atoms. The third kappa shape index (κ3) is 3.22. The van der Waals surface area contributed by atoms with Crippen molar-refractivity contribution in [2.24, 2.45) is 5.92 Å². The minimum Gasteiger partial charge on any atom is -0.481 e. The van der Waals surface area contributed by atoms with E-state index in [2.05, 4.69) is 5.32 Å². The van der Waals surface area contributed by atoms with Gasteiger partial charge in [0.05, 0.1) is 5.92 Å². The topological polar surface area (TPSA) is 86.7 Å². The first kappa shape index (κ1) is 12.5. The van der Waals surface area contributed by atoms with Crippen LogP contribution in [0.4, 0.5) is 0 Å². The summed E-state index contributed by atoms with van der Waals surface area (Å²) in [5.74, 6) is -1.59. The Labute approximate surface area is 93.6 Å². The number of carbonyl (C=O) groups excluding carboxylic acids is 2. The Morgan fingerprint density at radius 1 is 1.56 bits per heavy atom. The summed E-state index contributed by atoms with van der Waals surface area (Å²) < 4.78 is 0. The van der Waals surface area contributed by atoms with E-state index in [0.29, 0.717) is 13.0 Å². The van der Waals surface area contributed by atoms with Gasteiger partial charge in [-0.05, 0) is 6.42 Å². The van der Waals surface area contributed by atoms with Gasteiger partial charge in [0.15, 0.2) is 0 Å². The van der Waals surface area contributed by atoms with Crippen molar-refractivity contribution in [3.63, 3.8) is 0 Å². The summed E-state index contributed by atoms with van der Waals surface area (Å²) in [7, 11) is 1.53. The lowest BCUT2D eigenvalue weighted by atomic mass is 9.97. The lowest BCUT2D eigenvalue weighted by molar-refractivity contribution is -0.147. The molecule has 2 N–H and O–H groups in total. The van der Waals surface area contributed by atoms with Crippen molar-refractivity contribution < 1.29 is 19.5 Å². The van der Waals surface area contributed by atoms with Crippen LogP contribution in [0.15, 0.2) is 0 Å². The largest absolute Gasteiger partial charge is 0.481 e. The van der Waals surface area contributed by atoms with Crippen LogP contribution in [0, 0.1) is 5.92 Å². The number of rotatable bonds is 4. The molecule has 90 valence electrons. The number of carboxylic acids is 1. The predicted octanol–water partition coefficient (Wildman–Crippen LogP) is -0.554. The molecule has 1 saturated heterocycles. The minimum absolute atomic E-state index is 0.0681. The molecular formula is C10H16N2O4. The molecule has 0 spiro atoms. The number of hydrogen-bond acceptors (Lipinski definition) is 3. The molecule has 0 aromatic rings. The van der Waals surface area contributed by atoms with E-state index in [1.807, 2.05) is 0 Å². The maximum atomic E-state index is 11.5. The highest BCUT2D eigenvalue weighted by molar-refractivity contribution is 5.81. The maximum absolute atomic E-state index is 11.5. The van der Waals surface area contributed by atoms with Crippen molar-refractivity contribution >= 4 is 17.8 Å². The Kier molecular flexibility index (Phi) is 4.28. The first-order valence-corrected chi connectivity index (χ1v) is 5.25. The third-order valence-electron chi connectivity index (χ3n) is 2.74. The lowest BCUT2D eigenvalue weighted by Crippen LogP contribution is -2.43. The monoisotopic (exact) mass is 228 g/mol. The van der Waals surface area contributed by atoms with Crippen LogP contribution < -0.4 is 5.32 Å². The number of nitrogens with zero attached hydrogens (tertiary/aromatic N) is 1. The smallest absolute Gasteiger partial charge is 0.308 e. The maximum Gasteiger partial charge on any atom is 0.308 e. The zero-order valence-electron chi connectivity index (χ0n) is 9.23. The second-order valence-electron chi connectivity index (χ2n) is 3.84. The van der Waals surface area contributed by atoms with E-state index in [1.165, 1.54) is 11.9 Å². The van der Waals surface area contributed by atoms with Gasteiger partial charge in [-0.3, -0.25) is 14.4 Å². The number of carboxylic acid groups (broad SMARTS) is 1. The van der Waals surface area contributed by atoms with E-state index in [4.69, 9.17) is 5.11 Å². The van der Waals surface area contributed by atoms with Gasteiger partial charge in [-0.2, -0.15) is 0 Å². The van der Waals surface area contributed by atoms with E-state index in [1.54, 1.807) is 0 Å². The fourth-order valence-corrected chi connectivity index (χ4v) is 1.69. The second-order valence-corrected chi connectivity index (χ2v) is 3.84. The average Bonchev–Trinajstić information content (AvgIpc) is 2.27. The molecule has 6 nitrogen and oxygen atoms in total. The summed E-state index contributed by atoms with van der Waals surface area (Å²) >= 11 is 0. The zero-order valence-corrected chi connectivity index (χ0v) is 9.23. The third-order valence-corrected chi connectivity index (χ3v) is 2.74. The minimum atomic E-state index is -0.877. The van der Waals surface area contributed by atoms with Gasteiger partial charge in [-0.15, -0.1) is 0 Å². The molecule has 1 unspecified atom stereocenters. The highest BCUT2D eigenvalue weighted by Crippen LogP contribution is 2.17. The first-order valence-electron chi connectivity index (χ1n) is 5.25. The molecule has 0 saturated carbocycles. The van der Waals surface area contributed by atoms with Gasteiger partial charge in [-0.25, -0.2) is 0 Å². The SMILES string of the molecule is CNC(=O)CCN1CC(C(=O)O)CCC1=O. The number of aliphatic carboxylic acids is 1. The van der Waals surface area contributed by atoms with Gasteiger partial charge in [0.1, 0.15) is 0 Å². The van der Waals surface area contributed by atoms with Gasteiger partial charge >= 0.3 is 5.97 Å². The van der Waals surface area contributed by atoms with Crippen LogP contribution in [-0.4, -0.2) is 47.9 Å². The Hall–Kier alpha value is -1.59. The van der Waals surface area contributed by atoms with Gasteiger partial charge in [-0.1, -0.05) is 0 Å². The van der Waals surface area contributed by atoms with Gasteiger partial charge in [0.25, 0.3) is 0 Å². The van der Waals surface area contributed by atoms with Crippen molar-refractivity contribution in [3.8, 4) is 0 Å². The zero-order chi connectivity index (χ0) is 12.1. The van der Waals surface area contributed by atoms with E-state index in [-0.39, 0.29) is 31.2 Å². The standard InChI is InChI=1S/C10H16N2O4/c1-11-8(13)4-5-12-6-7(10(15)16)2-3-9(12)14/h7H,2-6H2,1H3,(H,11,13)(H,15,16). The van der Waals surface area contributed by atoms with Crippen LogP contribution in [-0.2, 0) is 14.4 Å². The van der Waals surface area contributed by atoms with Crippen molar-refractivity contribution in [3.05, 3.63) is 0 Å². The normalized spacial score (nSPS) is 20.7. The molecule has 1 fully saturated rings. The number of carbonyl (C=O) groups is 3. The number of hydrogen-bond donors (Lipinski definition) is 2. The average molecular weight is 228 g/mol. The molecule has 2 amide bonds. The molecule has 0 bridgehead atoms. The lowest BCUT2D eigenvalue weighted by Gasteiger charge is -2.30. The molecule has 0 aromatic carbocycles. The molecule has 0 aromatic heterocycles. The van der Waals surface area contributed by atoms with Crippen molar-refractivity contribution in [1.82, 2.24) is 10.2 Å². The number of likely N-dealkylation sites (tertiary alicyclic amines) is 1. The predicted molar refractivity (Wildman–Crippen MR) is 55.6 cm³/mol. The van der Waals surface area contributed by atoms with Gasteiger partial charge < -0.3 is 15.3 Å². The summed E-state index contributed by atoms with van der Waals surface area (Å²) in [6, 6.07) is 0. The Balaban J connectivity index is 2.47. The molecule has 0 radical (unpaired) electrons. The fourth-order valence-electron chi connectivity index (χ4n) is 1.69. The highest BCUT2D eigenvalue weighted by Gasteiger charge is 2.29. The summed E-state index contributed by atoms with van der Waals surface area (Å²) in [4.78, 5) is 34.7. The summed E-state index contributed by atoms with van der Waals surface area (Å²) in [6.07, 6.45) is 0.865. The molecule has 6 heteroatoms. The van der Waals surface area contributed by atoms with E-state index in [9.17, 15) is 14.4 Å². The van der Waals surface area contributed by atoms with Gasteiger partial charge in [0, 0.05) is 33.0 Å². The Morgan fingerprint density at radius 2 is 2.25 bits per heavy atom. The van der Waals surface area contributed by atoms with Crippen molar-refractivity contribution in [2.45, 2.75) is 19.3 Å². The Bertz CT molecular complexity index is 303. The van der Waals surface area contributed by atoms with Crippen LogP contribution in [0.25, 0.3) is 0 Å². The van der Waals surface area contributed by atoms with E-state index < -0.39 is 11.9 Å². The van der Waals surface area contributed by atoms with E-state index >= 15 is 0 Å². The van der Waals surface area contributed by atoms with Crippen LogP contribution in [0.5, 0.6) is 0 Å². The summed E-state index contributed by atoms with van der Waals surface area (Å²) in [5, 5.41) is 11.3. The molecule has 1 rings (SSSR count). The Morgan fingerprint density at radius 3 is 2.81 bits per heavy atom. The van der Waals surface area contributed by atoms with Crippen molar-refractivity contribution in [1.29, 1.82) is 0 Å². The van der Waals surface area contributed by atoms with E-state index in [0.717, 1.165) is 0 Å². The second kappa shape index (κ2) is 5.48. The molecule has 1 aliphatic rings. The summed E-state index contributed by atoms with van der Waals surface area (Å²) in [6.45, 7) is 0.507. The molecule has 1 heterocycles. The molecule has 0 aliphatic carbocycles. The van der Waals surface area contributed by atoms with Crippen LogP contribution in [0.2, 0.25) is 0 Å². The van der Waals surface area contributed by atoms with Crippen LogP contribution in [0.1, 0.15) is 19.3 Å². The fraction of sp³-hybridized carbons (Fsp3) is 0.700. The number of piperidine rings is 1. The summed E-state index contributed by atoms with van der Waals surface area (Å²) in [5.41, 5.74) is 0.